The van der Waals surface area contributed by atoms with Gasteiger partial charge >= 0.3 is 0 Å². The van der Waals surface area contributed by atoms with Crippen molar-refractivity contribution in [1.29, 1.82) is 0 Å². The molecule has 1 aliphatic carbocycles. The number of fused-ring (bicyclic) bond motifs is 5. The minimum absolute atomic E-state index is 0.00436. The lowest BCUT2D eigenvalue weighted by Gasteiger charge is -2.29. The van der Waals surface area contributed by atoms with E-state index >= 15 is 0 Å². The second kappa shape index (κ2) is 9.07. The number of aromatic nitrogens is 3. The number of hydrogen-bond donors (Lipinski definition) is 1. The van der Waals surface area contributed by atoms with Crippen molar-refractivity contribution in [2.24, 2.45) is 5.92 Å². The lowest BCUT2D eigenvalue weighted by molar-refractivity contribution is -0.139. The van der Waals surface area contributed by atoms with Crippen molar-refractivity contribution < 1.29 is 9.53 Å². The third-order valence-electron chi connectivity index (χ3n) is 7.11. The van der Waals surface area contributed by atoms with Crippen LogP contribution in [0.3, 0.4) is 0 Å². The van der Waals surface area contributed by atoms with Gasteiger partial charge in [-0.2, -0.15) is 0 Å². The van der Waals surface area contributed by atoms with Gasteiger partial charge in [-0.1, -0.05) is 36.7 Å². The summed E-state index contributed by atoms with van der Waals surface area (Å²) in [6, 6.07) is 7.99. The molecule has 0 spiro atoms. The first-order valence-electron chi connectivity index (χ1n) is 12.1. The summed E-state index contributed by atoms with van der Waals surface area (Å²) in [6.45, 7) is 5.42. The van der Waals surface area contributed by atoms with Crippen molar-refractivity contribution in [3.05, 3.63) is 62.5 Å². The van der Waals surface area contributed by atoms with Gasteiger partial charge in [0.25, 0.3) is 0 Å². The van der Waals surface area contributed by atoms with Gasteiger partial charge in [0.05, 0.1) is 25.8 Å². The Balaban J connectivity index is 1.44. The molecule has 0 radical (unpaired) electrons. The molecule has 1 amide bonds. The van der Waals surface area contributed by atoms with Crippen molar-refractivity contribution >= 4 is 28.8 Å². The molecule has 0 unspecified atom stereocenters. The summed E-state index contributed by atoms with van der Waals surface area (Å²) >= 11 is 8.50. The maximum atomic E-state index is 13.3. The van der Waals surface area contributed by atoms with Crippen LogP contribution in [0.5, 0.6) is 0 Å². The highest BCUT2D eigenvalue weighted by atomic mass is 35.5. The third kappa shape index (κ3) is 3.68. The minimum atomic E-state index is -0.0582. The molecule has 178 valence electrons. The number of morpholine rings is 1. The number of halogens is 1. The van der Waals surface area contributed by atoms with Crippen LogP contribution in [0.4, 0.5) is 0 Å². The summed E-state index contributed by atoms with van der Waals surface area (Å²) in [5.41, 5.74) is 3.60. The van der Waals surface area contributed by atoms with Gasteiger partial charge in [-0.3, -0.25) is 14.7 Å². The fourth-order valence-corrected chi connectivity index (χ4v) is 7.21. The first-order chi connectivity index (χ1) is 16.7. The maximum absolute atomic E-state index is 13.3. The van der Waals surface area contributed by atoms with Crippen molar-refractivity contribution in [2.45, 2.75) is 45.2 Å². The van der Waals surface area contributed by atoms with E-state index in [0.29, 0.717) is 32.8 Å². The largest absolute Gasteiger partial charge is 0.378 e. The van der Waals surface area contributed by atoms with Gasteiger partial charge in [-0.25, -0.2) is 0 Å². The lowest BCUT2D eigenvalue weighted by Crippen LogP contribution is -2.44. The van der Waals surface area contributed by atoms with Crippen LogP contribution in [0.15, 0.2) is 24.3 Å². The van der Waals surface area contributed by atoms with Gasteiger partial charge in [-0.15, -0.1) is 21.5 Å². The summed E-state index contributed by atoms with van der Waals surface area (Å²) in [6.07, 6.45) is 3.44. The Morgan fingerprint density at radius 2 is 2.06 bits per heavy atom. The standard InChI is InChI=1S/C25H28ClN5O2S/c1-2-5-20-28-29-21-14-27-23(16-6-3-4-7-18(16)26)22-17-12-15(13-19(17)34-25(22)31(20)21)24(32)30-8-10-33-11-9-30/h3-4,6-7,15,23,27H,2,5,8-14H2,1H3/t15-,23-/m0/s1. The Morgan fingerprint density at radius 1 is 1.24 bits per heavy atom. The Labute approximate surface area is 208 Å². The van der Waals surface area contributed by atoms with Crippen LogP contribution in [0.2, 0.25) is 5.02 Å². The zero-order valence-electron chi connectivity index (χ0n) is 19.2. The Bertz CT molecular complexity index is 1230. The van der Waals surface area contributed by atoms with Gasteiger partial charge in [0, 0.05) is 40.9 Å². The zero-order chi connectivity index (χ0) is 23.2. The number of hydrogen-bond acceptors (Lipinski definition) is 6. The van der Waals surface area contributed by atoms with Crippen LogP contribution in [0.25, 0.3) is 5.00 Å². The second-order valence-corrected chi connectivity index (χ2v) is 10.7. The van der Waals surface area contributed by atoms with E-state index in [9.17, 15) is 4.79 Å². The van der Waals surface area contributed by atoms with E-state index in [2.05, 4.69) is 33.1 Å². The molecule has 34 heavy (non-hydrogen) atoms. The van der Waals surface area contributed by atoms with E-state index in [1.165, 1.54) is 21.0 Å². The SMILES string of the molecule is CCCc1nnc2n1-c1sc3c(c1[C@H](c1ccccc1Cl)NC2)C[C@H](C(=O)N1CCOCC1)C3. The third-order valence-corrected chi connectivity index (χ3v) is 8.71. The van der Waals surface area contributed by atoms with E-state index < -0.39 is 0 Å². The number of benzene rings is 1. The maximum Gasteiger partial charge on any atom is 0.226 e. The Kier molecular flexibility index (Phi) is 5.93. The number of aryl methyl sites for hydroxylation is 1. The molecule has 2 aromatic heterocycles. The number of rotatable bonds is 4. The van der Waals surface area contributed by atoms with Gasteiger partial charge in [0.2, 0.25) is 5.91 Å². The lowest BCUT2D eigenvalue weighted by atomic mass is 9.94. The van der Waals surface area contributed by atoms with Crippen LogP contribution in [-0.2, 0) is 35.3 Å². The smallest absolute Gasteiger partial charge is 0.226 e. The van der Waals surface area contributed by atoms with E-state index in [4.69, 9.17) is 16.3 Å². The molecule has 1 saturated heterocycles. The van der Waals surface area contributed by atoms with E-state index in [1.54, 1.807) is 11.3 Å². The minimum Gasteiger partial charge on any atom is -0.378 e. The molecule has 3 aliphatic rings. The Hall–Kier alpha value is -2.26. The summed E-state index contributed by atoms with van der Waals surface area (Å²) < 4.78 is 7.71. The fraction of sp³-hybridized carbons (Fsp3) is 0.480. The average Bonchev–Trinajstić information content (AvgIpc) is 3.51. The summed E-state index contributed by atoms with van der Waals surface area (Å²) in [5.74, 6) is 2.18. The van der Waals surface area contributed by atoms with Crippen LogP contribution in [-0.4, -0.2) is 51.9 Å². The quantitative estimate of drug-likeness (QED) is 0.595. The molecule has 4 heterocycles. The number of ether oxygens (including phenoxy) is 1. The second-order valence-electron chi connectivity index (χ2n) is 9.22. The molecule has 3 aromatic rings. The van der Waals surface area contributed by atoms with Crippen molar-refractivity contribution in [2.75, 3.05) is 26.3 Å². The number of carbonyl (C=O) groups is 1. The molecular weight excluding hydrogens is 470 g/mol. The molecule has 2 aliphatic heterocycles. The molecule has 0 saturated carbocycles. The van der Waals surface area contributed by atoms with Gasteiger partial charge in [0.15, 0.2) is 5.82 Å². The number of nitrogens with one attached hydrogen (secondary N) is 1. The molecule has 1 N–H and O–H groups in total. The van der Waals surface area contributed by atoms with Crippen LogP contribution in [0, 0.1) is 5.92 Å². The van der Waals surface area contributed by atoms with Crippen molar-refractivity contribution in [1.82, 2.24) is 25.0 Å². The predicted molar refractivity (Wildman–Crippen MR) is 132 cm³/mol. The van der Waals surface area contributed by atoms with Crippen molar-refractivity contribution in [3.63, 3.8) is 0 Å². The first-order valence-corrected chi connectivity index (χ1v) is 13.3. The van der Waals surface area contributed by atoms with Crippen molar-refractivity contribution in [3.8, 4) is 5.00 Å². The monoisotopic (exact) mass is 497 g/mol. The van der Waals surface area contributed by atoms with Crippen LogP contribution < -0.4 is 5.32 Å². The highest BCUT2D eigenvalue weighted by Gasteiger charge is 2.39. The molecule has 7 nitrogen and oxygen atoms in total. The summed E-state index contributed by atoms with van der Waals surface area (Å²) in [5, 5.41) is 14.7. The normalized spacial score (nSPS) is 21.6. The molecular formula is C25H28ClN5O2S. The Morgan fingerprint density at radius 3 is 2.85 bits per heavy atom. The molecule has 0 bridgehead atoms. The molecule has 1 aromatic carbocycles. The van der Waals surface area contributed by atoms with Gasteiger partial charge in [-0.05, 0) is 36.5 Å². The average molecular weight is 498 g/mol. The number of nitrogens with zero attached hydrogens (tertiary/aromatic N) is 4. The highest BCUT2D eigenvalue weighted by molar-refractivity contribution is 7.15. The number of thiophene rings is 1. The molecule has 9 heteroatoms. The first kappa shape index (κ1) is 22.2. The topological polar surface area (TPSA) is 72.3 Å². The summed E-state index contributed by atoms with van der Waals surface area (Å²) in [7, 11) is 0. The molecule has 6 rings (SSSR count). The van der Waals surface area contributed by atoms with E-state index in [1.807, 2.05) is 23.1 Å². The van der Waals surface area contributed by atoms with E-state index in [0.717, 1.165) is 47.9 Å². The van der Waals surface area contributed by atoms with Gasteiger partial charge < -0.3 is 9.64 Å². The van der Waals surface area contributed by atoms with E-state index in [-0.39, 0.29) is 17.9 Å². The number of amides is 1. The number of carbonyl (C=O) groups excluding carboxylic acids is 1. The fourth-order valence-electron chi connectivity index (χ4n) is 5.48. The highest BCUT2D eigenvalue weighted by Crippen LogP contribution is 2.47. The summed E-state index contributed by atoms with van der Waals surface area (Å²) in [4.78, 5) is 16.6. The predicted octanol–water partition coefficient (Wildman–Crippen LogP) is 3.70. The van der Waals surface area contributed by atoms with Crippen LogP contribution >= 0.6 is 22.9 Å². The molecule has 2 atom stereocenters. The van der Waals surface area contributed by atoms with Crippen LogP contribution in [0.1, 0.15) is 52.6 Å². The van der Waals surface area contributed by atoms with Gasteiger partial charge in [0.1, 0.15) is 10.8 Å². The zero-order valence-corrected chi connectivity index (χ0v) is 20.8. The molecule has 1 fully saturated rings.